The van der Waals surface area contributed by atoms with E-state index in [4.69, 9.17) is 9.29 Å². The molecule has 0 aliphatic carbocycles. The third-order valence-corrected chi connectivity index (χ3v) is 4.29. The van der Waals surface area contributed by atoms with Crippen LogP contribution in [0.25, 0.3) is 0 Å². The molecule has 6 nitrogen and oxygen atoms in total. The van der Waals surface area contributed by atoms with Crippen LogP contribution in [0, 0.1) is 0 Å². The second-order valence-corrected chi connectivity index (χ2v) is 8.32. The molecule has 0 radical (unpaired) electrons. The lowest BCUT2D eigenvalue weighted by atomic mass is 10.2. The first-order valence-electron chi connectivity index (χ1n) is 7.60. The molecule has 0 unspecified atom stereocenters. The number of benzene rings is 2. The van der Waals surface area contributed by atoms with E-state index in [2.05, 4.69) is 46.6 Å². The van der Waals surface area contributed by atoms with Crippen LogP contribution in [-0.2, 0) is 10.1 Å². The smallest absolute Gasteiger partial charge is 0.261 e. The molecule has 0 spiro atoms. The van der Waals surface area contributed by atoms with E-state index in [0.717, 1.165) is 23.7 Å². The Kier molecular flexibility index (Phi) is 6.71. The molecule has 3 rings (SSSR count). The summed E-state index contributed by atoms with van der Waals surface area (Å²) in [6.45, 7) is 1.62. The maximum absolute atomic E-state index is 9.19. The summed E-state index contributed by atoms with van der Waals surface area (Å²) in [5, 5.41) is 3.47. The first kappa shape index (κ1) is 19.6. The zero-order chi connectivity index (χ0) is 18.4. The minimum absolute atomic E-state index is 0.704. The Morgan fingerprint density at radius 2 is 1.76 bits per heavy atom. The zero-order valence-electron chi connectivity index (χ0n) is 14.4. The van der Waals surface area contributed by atoms with Gasteiger partial charge in [0.1, 0.15) is 12.4 Å². The highest BCUT2D eigenvalue weighted by Gasteiger charge is 2.15. The van der Waals surface area contributed by atoms with Crippen molar-refractivity contribution in [2.24, 2.45) is 0 Å². The standard InChI is InChI=1S/C16H18N2OS.CH4O3S/c1-18(2)9-10-19-12-7-8-16-14(11-12)17-13-5-3-4-6-15(13)20-16;1-5(2,3)4/h3-8,11,17H,9-10H2,1-2H3;1H3,(H,2,3,4). The average Bonchev–Trinajstić information content (AvgIpc) is 2.51. The van der Waals surface area contributed by atoms with E-state index in [1.54, 1.807) is 11.8 Å². The summed E-state index contributed by atoms with van der Waals surface area (Å²) in [6.07, 6.45) is 0.715. The molecule has 1 heterocycles. The number of rotatable bonds is 4. The van der Waals surface area contributed by atoms with Crippen molar-refractivity contribution in [1.29, 1.82) is 0 Å². The average molecular weight is 383 g/mol. The van der Waals surface area contributed by atoms with E-state index in [0.29, 0.717) is 12.9 Å². The normalized spacial score (nSPS) is 12.4. The maximum Gasteiger partial charge on any atom is 0.261 e. The Morgan fingerprint density at radius 3 is 2.44 bits per heavy atom. The number of nitrogens with one attached hydrogen (secondary N) is 1. The van der Waals surface area contributed by atoms with Crippen LogP contribution >= 0.6 is 11.8 Å². The third kappa shape index (κ3) is 6.95. The molecule has 0 fully saturated rings. The molecular formula is C17H22N2O4S2. The fourth-order valence-corrected chi connectivity index (χ4v) is 3.02. The van der Waals surface area contributed by atoms with Gasteiger partial charge in [-0.05, 0) is 38.4 Å². The minimum Gasteiger partial charge on any atom is -0.492 e. The Balaban J connectivity index is 0.000000399. The second kappa shape index (κ2) is 8.57. The summed E-state index contributed by atoms with van der Waals surface area (Å²) in [4.78, 5) is 4.62. The van der Waals surface area contributed by atoms with Gasteiger partial charge in [0, 0.05) is 22.4 Å². The minimum atomic E-state index is -3.67. The highest BCUT2D eigenvalue weighted by molar-refractivity contribution is 7.99. The monoisotopic (exact) mass is 382 g/mol. The highest BCUT2D eigenvalue weighted by Crippen LogP contribution is 2.44. The molecule has 1 aliphatic rings. The Bertz CT molecular complexity index is 815. The van der Waals surface area contributed by atoms with E-state index in [1.807, 2.05) is 20.2 Å². The van der Waals surface area contributed by atoms with E-state index >= 15 is 0 Å². The number of para-hydroxylation sites is 1. The van der Waals surface area contributed by atoms with E-state index in [1.165, 1.54) is 9.79 Å². The van der Waals surface area contributed by atoms with Crippen LogP contribution in [-0.4, -0.2) is 51.4 Å². The van der Waals surface area contributed by atoms with E-state index < -0.39 is 10.1 Å². The zero-order valence-corrected chi connectivity index (χ0v) is 16.0. The first-order valence-corrected chi connectivity index (χ1v) is 10.3. The Morgan fingerprint density at radius 1 is 1.12 bits per heavy atom. The molecule has 25 heavy (non-hydrogen) atoms. The molecule has 0 bridgehead atoms. The van der Waals surface area contributed by atoms with Crippen LogP contribution in [0.4, 0.5) is 11.4 Å². The van der Waals surface area contributed by atoms with Gasteiger partial charge in [0.2, 0.25) is 0 Å². The van der Waals surface area contributed by atoms with Crippen molar-refractivity contribution in [2.45, 2.75) is 9.79 Å². The molecule has 2 aromatic rings. The van der Waals surface area contributed by atoms with Gasteiger partial charge in [-0.1, -0.05) is 23.9 Å². The molecule has 0 atom stereocenters. The van der Waals surface area contributed by atoms with E-state index in [-0.39, 0.29) is 0 Å². The molecule has 1 aliphatic heterocycles. The van der Waals surface area contributed by atoms with Crippen LogP contribution in [0.2, 0.25) is 0 Å². The van der Waals surface area contributed by atoms with Crippen LogP contribution in [0.3, 0.4) is 0 Å². The van der Waals surface area contributed by atoms with Crippen LogP contribution < -0.4 is 10.1 Å². The van der Waals surface area contributed by atoms with Crippen LogP contribution in [0.1, 0.15) is 0 Å². The summed E-state index contributed by atoms with van der Waals surface area (Å²) in [7, 11) is 0.427. The first-order chi connectivity index (χ1) is 11.7. The lowest BCUT2D eigenvalue weighted by molar-refractivity contribution is 0.261. The molecule has 2 N–H and O–H groups in total. The fraction of sp³-hybridized carbons (Fsp3) is 0.294. The number of likely N-dealkylation sites (N-methyl/N-ethyl adjacent to an activating group) is 1. The van der Waals surface area contributed by atoms with Crippen molar-refractivity contribution in [3.63, 3.8) is 0 Å². The number of nitrogens with zero attached hydrogens (tertiary/aromatic N) is 1. The van der Waals surface area contributed by atoms with Gasteiger partial charge in [0.25, 0.3) is 10.1 Å². The molecule has 0 aromatic heterocycles. The number of anilines is 2. The summed E-state index contributed by atoms with van der Waals surface area (Å²) < 4.78 is 31.6. The van der Waals surface area contributed by atoms with Crippen molar-refractivity contribution in [3.8, 4) is 5.75 Å². The number of hydrogen-bond donors (Lipinski definition) is 2. The molecule has 0 saturated carbocycles. The molecular weight excluding hydrogens is 360 g/mol. The SMILES string of the molecule is CN(C)CCOc1ccc2c(c1)Nc1ccccc1S2.CS(=O)(=O)O. The van der Waals surface area contributed by atoms with Crippen molar-refractivity contribution in [3.05, 3.63) is 42.5 Å². The summed E-state index contributed by atoms with van der Waals surface area (Å²) in [6, 6.07) is 14.6. The second-order valence-electron chi connectivity index (χ2n) is 5.77. The molecule has 0 amide bonds. The van der Waals surface area contributed by atoms with Crippen LogP contribution in [0.15, 0.2) is 52.3 Å². The van der Waals surface area contributed by atoms with Gasteiger partial charge in [0.05, 0.1) is 17.6 Å². The summed E-state index contributed by atoms with van der Waals surface area (Å²) >= 11 is 1.79. The molecule has 2 aromatic carbocycles. The number of ether oxygens (including phenoxy) is 1. The van der Waals surface area contributed by atoms with Gasteiger partial charge in [-0.3, -0.25) is 4.55 Å². The van der Waals surface area contributed by atoms with Gasteiger partial charge in [0.15, 0.2) is 0 Å². The lowest BCUT2D eigenvalue weighted by Gasteiger charge is -2.21. The molecule has 8 heteroatoms. The van der Waals surface area contributed by atoms with Crippen molar-refractivity contribution >= 4 is 33.3 Å². The van der Waals surface area contributed by atoms with Gasteiger partial charge in [-0.15, -0.1) is 0 Å². The summed E-state index contributed by atoms with van der Waals surface area (Å²) in [5.74, 6) is 0.915. The fourth-order valence-electron chi connectivity index (χ4n) is 2.05. The van der Waals surface area contributed by atoms with Crippen molar-refractivity contribution < 1.29 is 17.7 Å². The van der Waals surface area contributed by atoms with Crippen molar-refractivity contribution in [1.82, 2.24) is 4.90 Å². The van der Waals surface area contributed by atoms with Crippen LogP contribution in [0.5, 0.6) is 5.75 Å². The maximum atomic E-state index is 9.19. The quantitative estimate of drug-likeness (QED) is 0.670. The number of hydrogen-bond acceptors (Lipinski definition) is 6. The number of fused-ring (bicyclic) bond motifs is 2. The molecule has 0 saturated heterocycles. The summed E-state index contributed by atoms with van der Waals surface area (Å²) in [5.41, 5.74) is 2.28. The van der Waals surface area contributed by atoms with E-state index in [9.17, 15) is 8.42 Å². The van der Waals surface area contributed by atoms with Gasteiger partial charge in [-0.2, -0.15) is 8.42 Å². The third-order valence-electron chi connectivity index (χ3n) is 3.13. The predicted molar refractivity (Wildman–Crippen MR) is 102 cm³/mol. The predicted octanol–water partition coefficient (Wildman–Crippen LogP) is 3.34. The molecule has 136 valence electrons. The highest BCUT2D eigenvalue weighted by atomic mass is 32.2. The van der Waals surface area contributed by atoms with Gasteiger partial charge in [-0.25, -0.2) is 0 Å². The Hall–Kier alpha value is -1.74. The lowest BCUT2D eigenvalue weighted by Crippen LogP contribution is -2.19. The van der Waals surface area contributed by atoms with Crippen molar-refractivity contribution in [2.75, 3.05) is 38.8 Å². The Labute approximate surface area is 152 Å². The van der Waals surface area contributed by atoms with Gasteiger partial charge >= 0.3 is 0 Å². The topological polar surface area (TPSA) is 78.9 Å². The van der Waals surface area contributed by atoms with Gasteiger partial charge < -0.3 is 15.0 Å². The largest absolute Gasteiger partial charge is 0.492 e.